The number of rotatable bonds is 3. The fourth-order valence-corrected chi connectivity index (χ4v) is 2.05. The number of hydrogen-bond acceptors (Lipinski definition) is 4. The fraction of sp³-hybridized carbons (Fsp3) is 0.200. The average molecular weight is 253 g/mol. The molecule has 0 saturated carbocycles. The van der Waals surface area contributed by atoms with Gasteiger partial charge in [-0.25, -0.2) is 9.97 Å². The van der Waals surface area contributed by atoms with Gasteiger partial charge in [0.15, 0.2) is 11.6 Å². The zero-order valence-corrected chi connectivity index (χ0v) is 10.7. The van der Waals surface area contributed by atoms with Gasteiger partial charge in [0.1, 0.15) is 5.58 Å². The molecule has 2 heterocycles. The molecule has 0 aliphatic rings. The van der Waals surface area contributed by atoms with E-state index in [4.69, 9.17) is 10.2 Å². The van der Waals surface area contributed by atoms with Crippen LogP contribution in [0.1, 0.15) is 12.6 Å². The van der Waals surface area contributed by atoms with Gasteiger partial charge in [0.2, 0.25) is 0 Å². The molecule has 4 heteroatoms. The van der Waals surface area contributed by atoms with Gasteiger partial charge in [0.05, 0.1) is 0 Å². The molecule has 1 aromatic carbocycles. The molecule has 1 atom stereocenters. The first-order valence-electron chi connectivity index (χ1n) is 6.29. The van der Waals surface area contributed by atoms with E-state index in [1.807, 2.05) is 43.3 Å². The van der Waals surface area contributed by atoms with Gasteiger partial charge in [-0.15, -0.1) is 0 Å². The topological polar surface area (TPSA) is 64.9 Å². The summed E-state index contributed by atoms with van der Waals surface area (Å²) >= 11 is 0. The van der Waals surface area contributed by atoms with Gasteiger partial charge in [0, 0.05) is 29.7 Å². The highest BCUT2D eigenvalue weighted by molar-refractivity contribution is 5.81. The fourth-order valence-electron chi connectivity index (χ4n) is 2.05. The molecular formula is C15H15N3O. The lowest BCUT2D eigenvalue weighted by Crippen LogP contribution is -2.18. The lowest BCUT2D eigenvalue weighted by Gasteiger charge is -2.04. The molecule has 0 aliphatic heterocycles. The van der Waals surface area contributed by atoms with E-state index >= 15 is 0 Å². The second-order valence-corrected chi connectivity index (χ2v) is 4.70. The zero-order valence-electron chi connectivity index (χ0n) is 10.7. The van der Waals surface area contributed by atoms with Crippen molar-refractivity contribution in [3.63, 3.8) is 0 Å². The molecule has 0 bridgehead atoms. The Morgan fingerprint density at radius 1 is 1.26 bits per heavy atom. The molecule has 0 saturated heterocycles. The molecule has 0 fully saturated rings. The summed E-state index contributed by atoms with van der Waals surface area (Å²) < 4.78 is 5.76. The van der Waals surface area contributed by atoms with Gasteiger partial charge in [-0.05, 0) is 25.1 Å². The van der Waals surface area contributed by atoms with Gasteiger partial charge in [0.25, 0.3) is 0 Å². The van der Waals surface area contributed by atoms with Crippen molar-refractivity contribution < 1.29 is 4.42 Å². The Kier molecular flexibility index (Phi) is 3.01. The van der Waals surface area contributed by atoms with Crippen LogP contribution in [0.15, 0.2) is 47.0 Å². The summed E-state index contributed by atoms with van der Waals surface area (Å²) in [4.78, 5) is 8.76. The Morgan fingerprint density at radius 2 is 2.11 bits per heavy atom. The highest BCUT2D eigenvalue weighted by Crippen LogP contribution is 2.25. The highest BCUT2D eigenvalue weighted by atomic mass is 16.3. The number of nitrogens with zero attached hydrogens (tertiary/aromatic N) is 2. The third-order valence-electron chi connectivity index (χ3n) is 2.89. The summed E-state index contributed by atoms with van der Waals surface area (Å²) in [7, 11) is 0. The quantitative estimate of drug-likeness (QED) is 0.779. The summed E-state index contributed by atoms with van der Waals surface area (Å²) in [6.07, 6.45) is 2.48. The van der Waals surface area contributed by atoms with Crippen LogP contribution in [0.4, 0.5) is 0 Å². The Bertz CT molecular complexity index is 670. The number of aromatic nitrogens is 2. The summed E-state index contributed by atoms with van der Waals surface area (Å²) in [6, 6.07) is 11.8. The first-order valence-corrected chi connectivity index (χ1v) is 6.29. The monoisotopic (exact) mass is 253 g/mol. The zero-order chi connectivity index (χ0) is 13.2. The molecule has 19 heavy (non-hydrogen) atoms. The summed E-state index contributed by atoms with van der Waals surface area (Å²) in [5.74, 6) is 1.29. The molecule has 4 nitrogen and oxygen atoms in total. The Morgan fingerprint density at radius 3 is 2.89 bits per heavy atom. The molecule has 0 radical (unpaired) electrons. The maximum Gasteiger partial charge on any atom is 0.195 e. The van der Waals surface area contributed by atoms with Crippen LogP contribution < -0.4 is 5.73 Å². The van der Waals surface area contributed by atoms with E-state index in [2.05, 4.69) is 9.97 Å². The van der Waals surface area contributed by atoms with Crippen LogP contribution in [0, 0.1) is 0 Å². The van der Waals surface area contributed by atoms with Crippen molar-refractivity contribution in [1.82, 2.24) is 9.97 Å². The van der Waals surface area contributed by atoms with Crippen LogP contribution in [0.3, 0.4) is 0 Å². The van der Waals surface area contributed by atoms with Crippen molar-refractivity contribution in [1.29, 1.82) is 0 Å². The van der Waals surface area contributed by atoms with Crippen LogP contribution in [-0.2, 0) is 6.42 Å². The van der Waals surface area contributed by atoms with Gasteiger partial charge < -0.3 is 10.2 Å². The Balaban J connectivity index is 2.01. The van der Waals surface area contributed by atoms with Crippen molar-refractivity contribution in [2.45, 2.75) is 19.4 Å². The lowest BCUT2D eigenvalue weighted by molar-refractivity contribution is 0.623. The number of para-hydroxylation sites is 1. The van der Waals surface area contributed by atoms with Crippen molar-refractivity contribution >= 4 is 11.0 Å². The second-order valence-electron chi connectivity index (χ2n) is 4.70. The first-order chi connectivity index (χ1) is 9.22. The normalized spacial score (nSPS) is 12.7. The SMILES string of the molecule is CC(N)Cc1ccnc(-c2cc3ccccc3o2)n1. The maximum absolute atomic E-state index is 5.79. The number of furan rings is 1. The minimum absolute atomic E-state index is 0.0819. The summed E-state index contributed by atoms with van der Waals surface area (Å²) in [6.45, 7) is 1.96. The van der Waals surface area contributed by atoms with E-state index in [1.54, 1.807) is 6.20 Å². The Hall–Kier alpha value is -2.20. The third-order valence-corrected chi connectivity index (χ3v) is 2.89. The van der Waals surface area contributed by atoms with Crippen LogP contribution >= 0.6 is 0 Å². The van der Waals surface area contributed by atoms with E-state index in [-0.39, 0.29) is 6.04 Å². The number of hydrogen-bond donors (Lipinski definition) is 1. The van der Waals surface area contributed by atoms with Crippen molar-refractivity contribution in [2.24, 2.45) is 5.73 Å². The first kappa shape index (κ1) is 11.9. The van der Waals surface area contributed by atoms with E-state index < -0.39 is 0 Å². The van der Waals surface area contributed by atoms with E-state index in [1.165, 1.54) is 0 Å². The molecular weight excluding hydrogens is 238 g/mol. The highest BCUT2D eigenvalue weighted by Gasteiger charge is 2.09. The minimum Gasteiger partial charge on any atom is -0.453 e. The molecule has 3 rings (SSSR count). The average Bonchev–Trinajstić information content (AvgIpc) is 2.82. The molecule has 2 aromatic heterocycles. The van der Waals surface area contributed by atoms with Crippen LogP contribution in [-0.4, -0.2) is 16.0 Å². The Labute approximate surface area is 111 Å². The third kappa shape index (κ3) is 2.48. The summed E-state index contributed by atoms with van der Waals surface area (Å²) in [5.41, 5.74) is 7.57. The van der Waals surface area contributed by atoms with Gasteiger partial charge in [-0.1, -0.05) is 18.2 Å². The van der Waals surface area contributed by atoms with Gasteiger partial charge >= 0.3 is 0 Å². The maximum atomic E-state index is 5.79. The summed E-state index contributed by atoms with van der Waals surface area (Å²) in [5, 5.41) is 1.05. The molecule has 1 unspecified atom stereocenters. The lowest BCUT2D eigenvalue weighted by atomic mass is 10.2. The molecule has 96 valence electrons. The standard InChI is InChI=1S/C15H15N3O/c1-10(16)8-12-6-7-17-15(18-12)14-9-11-4-2-3-5-13(11)19-14/h2-7,9-10H,8,16H2,1H3. The molecule has 0 spiro atoms. The van der Waals surface area contributed by atoms with Crippen LogP contribution in [0.5, 0.6) is 0 Å². The number of nitrogens with two attached hydrogens (primary N) is 1. The minimum atomic E-state index is 0.0819. The van der Waals surface area contributed by atoms with Gasteiger partial charge in [-0.2, -0.15) is 0 Å². The van der Waals surface area contributed by atoms with Crippen LogP contribution in [0.2, 0.25) is 0 Å². The van der Waals surface area contributed by atoms with Crippen molar-refractivity contribution in [3.8, 4) is 11.6 Å². The van der Waals surface area contributed by atoms with E-state index in [9.17, 15) is 0 Å². The largest absolute Gasteiger partial charge is 0.453 e. The smallest absolute Gasteiger partial charge is 0.195 e. The van der Waals surface area contributed by atoms with Crippen molar-refractivity contribution in [2.75, 3.05) is 0 Å². The van der Waals surface area contributed by atoms with Gasteiger partial charge in [-0.3, -0.25) is 0 Å². The molecule has 0 amide bonds. The predicted molar refractivity (Wildman–Crippen MR) is 74.6 cm³/mol. The second kappa shape index (κ2) is 4.82. The molecule has 2 N–H and O–H groups in total. The number of fused-ring (bicyclic) bond motifs is 1. The van der Waals surface area contributed by atoms with E-state index in [0.29, 0.717) is 11.6 Å². The van der Waals surface area contributed by atoms with E-state index in [0.717, 1.165) is 23.1 Å². The molecule has 3 aromatic rings. The van der Waals surface area contributed by atoms with Crippen LogP contribution in [0.25, 0.3) is 22.6 Å². The van der Waals surface area contributed by atoms with Crippen molar-refractivity contribution in [3.05, 3.63) is 48.3 Å². The molecule has 0 aliphatic carbocycles. The predicted octanol–water partition coefficient (Wildman–Crippen LogP) is 2.78. The number of benzene rings is 1.